The van der Waals surface area contributed by atoms with E-state index in [9.17, 15) is 29.9 Å². The lowest BCUT2D eigenvalue weighted by Gasteiger charge is -2.16. The number of hydrogen-bond acceptors (Lipinski definition) is 8. The number of aromatic nitrogens is 2. The number of nitrogens with one attached hydrogen (secondary N) is 4. The van der Waals surface area contributed by atoms with Crippen molar-refractivity contribution in [2.45, 2.75) is 0 Å². The quantitative estimate of drug-likeness (QED) is 0.359. The molecule has 1 heterocycles. The van der Waals surface area contributed by atoms with E-state index in [-0.39, 0.29) is 11.4 Å². The van der Waals surface area contributed by atoms with Crippen LogP contribution in [0.25, 0.3) is 0 Å². The van der Waals surface area contributed by atoms with Crippen LogP contribution < -0.4 is 27.2 Å². The molecule has 0 aliphatic carbocycles. The lowest BCUT2D eigenvalue weighted by Crippen LogP contribution is -2.26. The van der Waals surface area contributed by atoms with E-state index < -0.39 is 33.5 Å². The number of aromatic hydroxyl groups is 1. The summed E-state index contributed by atoms with van der Waals surface area (Å²) >= 11 is 0. The van der Waals surface area contributed by atoms with Gasteiger partial charge in [0.2, 0.25) is 5.88 Å². The minimum absolute atomic E-state index is 0.214. The molecule has 0 fully saturated rings. The van der Waals surface area contributed by atoms with E-state index in [1.807, 2.05) is 9.97 Å². The zero-order valence-corrected chi connectivity index (χ0v) is 10.2. The van der Waals surface area contributed by atoms with Crippen molar-refractivity contribution < 1.29 is 15.1 Å². The molecule has 11 heteroatoms. The predicted molar refractivity (Wildman–Crippen MR) is 69.1 cm³/mol. The molecule has 0 amide bonds. The molecular weight excluding hydrogens is 286 g/mol. The van der Waals surface area contributed by atoms with Gasteiger partial charge in [-0.25, -0.2) is 4.79 Å². The number of hydrazine groups is 1. The molecule has 1 aromatic heterocycles. The highest BCUT2D eigenvalue weighted by Crippen LogP contribution is 2.25. The van der Waals surface area contributed by atoms with Crippen LogP contribution in [0, 0.1) is 10.1 Å². The van der Waals surface area contributed by atoms with Crippen LogP contribution in [0.1, 0.15) is 0 Å². The molecule has 0 radical (unpaired) electrons. The lowest BCUT2D eigenvalue weighted by molar-refractivity contribution is -0.385. The van der Waals surface area contributed by atoms with Crippen LogP contribution in [-0.4, -0.2) is 20.0 Å². The fraction of sp³-hybridized carbons (Fsp3) is 0. The summed E-state index contributed by atoms with van der Waals surface area (Å²) in [7, 11) is 0. The molecule has 2 aromatic rings. The second-order valence-electron chi connectivity index (χ2n) is 3.82. The zero-order chi connectivity index (χ0) is 15.6. The van der Waals surface area contributed by atoms with Gasteiger partial charge in [0, 0.05) is 12.1 Å². The maximum atomic E-state index is 11.5. The Hall–Kier alpha value is -3.50. The van der Waals surface area contributed by atoms with Crippen LogP contribution in [0.3, 0.4) is 0 Å². The topological polar surface area (TPSA) is 176 Å². The first-order valence-corrected chi connectivity index (χ1v) is 5.41. The third-order valence-electron chi connectivity index (χ3n) is 2.42. The summed E-state index contributed by atoms with van der Waals surface area (Å²) < 4.78 is 0. The van der Waals surface area contributed by atoms with Crippen molar-refractivity contribution in [3.8, 4) is 11.6 Å². The Kier molecular flexibility index (Phi) is 3.47. The largest absolute Gasteiger partial charge is 0.871 e. The van der Waals surface area contributed by atoms with Crippen LogP contribution in [0.5, 0.6) is 11.6 Å². The van der Waals surface area contributed by atoms with Gasteiger partial charge >= 0.3 is 5.69 Å². The Morgan fingerprint density at radius 1 is 1.19 bits per heavy atom. The SMILES string of the molecule is O=c1[nH]c(O)c(NNc2cc([N+](=O)[O-])ccc2[O-])c(=O)[nH]1. The highest BCUT2D eigenvalue weighted by atomic mass is 16.6. The third-order valence-corrected chi connectivity index (χ3v) is 2.42. The molecule has 11 nitrogen and oxygen atoms in total. The second kappa shape index (κ2) is 5.24. The first-order valence-electron chi connectivity index (χ1n) is 5.41. The molecule has 21 heavy (non-hydrogen) atoms. The van der Waals surface area contributed by atoms with Crippen molar-refractivity contribution in [2.24, 2.45) is 0 Å². The van der Waals surface area contributed by atoms with Gasteiger partial charge in [-0.2, -0.15) is 0 Å². The van der Waals surface area contributed by atoms with E-state index in [4.69, 9.17) is 0 Å². The second-order valence-corrected chi connectivity index (χ2v) is 3.82. The zero-order valence-electron chi connectivity index (χ0n) is 10.2. The maximum absolute atomic E-state index is 11.5. The molecule has 0 aliphatic rings. The van der Waals surface area contributed by atoms with Gasteiger partial charge in [-0.05, 0) is 0 Å². The van der Waals surface area contributed by atoms with Gasteiger partial charge in [0.25, 0.3) is 11.2 Å². The molecule has 2 rings (SSSR count). The van der Waals surface area contributed by atoms with Crippen LogP contribution in [0.2, 0.25) is 0 Å². The highest BCUT2D eigenvalue weighted by Gasteiger charge is 2.10. The number of hydrogen-bond donors (Lipinski definition) is 5. The van der Waals surface area contributed by atoms with Crippen molar-refractivity contribution >= 4 is 17.1 Å². The number of nitro benzene ring substituents is 1. The standard InChI is InChI=1S/C10H9N5O6/c16-6-2-1-4(15(20)21)3-5(6)13-14-7-8(17)11-10(19)12-9(7)18/h1-3,13-14,16H,(H3,11,12,17,18,19)/p-1. The van der Waals surface area contributed by atoms with E-state index in [0.717, 1.165) is 18.2 Å². The average molecular weight is 294 g/mol. The molecular formula is C10H8N5O6-. The van der Waals surface area contributed by atoms with E-state index >= 15 is 0 Å². The van der Waals surface area contributed by atoms with Gasteiger partial charge in [-0.3, -0.25) is 30.3 Å². The number of non-ortho nitro benzene ring substituents is 1. The van der Waals surface area contributed by atoms with E-state index in [1.54, 1.807) is 0 Å². The number of nitro groups is 1. The summed E-state index contributed by atoms with van der Waals surface area (Å²) in [4.78, 5) is 36.0. The van der Waals surface area contributed by atoms with Gasteiger partial charge < -0.3 is 15.6 Å². The van der Waals surface area contributed by atoms with Gasteiger partial charge in [0.05, 0.1) is 10.6 Å². The van der Waals surface area contributed by atoms with Crippen molar-refractivity contribution in [2.75, 3.05) is 10.9 Å². The van der Waals surface area contributed by atoms with Crippen molar-refractivity contribution in [1.82, 2.24) is 9.97 Å². The van der Waals surface area contributed by atoms with Crippen molar-refractivity contribution in [1.29, 1.82) is 0 Å². The van der Waals surface area contributed by atoms with E-state index in [1.165, 1.54) is 0 Å². The number of nitrogens with zero attached hydrogens (tertiary/aromatic N) is 1. The predicted octanol–water partition coefficient (Wildman–Crippen LogP) is -0.810. The third kappa shape index (κ3) is 2.91. The Balaban J connectivity index is 2.29. The van der Waals surface area contributed by atoms with Crippen LogP contribution in [0.4, 0.5) is 17.1 Å². The fourth-order valence-electron chi connectivity index (χ4n) is 1.45. The minimum atomic E-state index is -0.943. The minimum Gasteiger partial charge on any atom is -0.871 e. The Labute approximate surface area is 115 Å². The monoisotopic (exact) mass is 294 g/mol. The van der Waals surface area contributed by atoms with Crippen LogP contribution in [0.15, 0.2) is 27.8 Å². The molecule has 0 bridgehead atoms. The first kappa shape index (κ1) is 13.9. The Morgan fingerprint density at radius 3 is 2.52 bits per heavy atom. The molecule has 0 spiro atoms. The first-order chi connectivity index (χ1) is 9.88. The molecule has 0 unspecified atom stereocenters. The average Bonchev–Trinajstić information content (AvgIpc) is 2.39. The summed E-state index contributed by atoms with van der Waals surface area (Å²) in [5, 5.41) is 31.5. The molecule has 0 atom stereocenters. The normalized spacial score (nSPS) is 10.1. The number of rotatable bonds is 4. The summed E-state index contributed by atoms with van der Waals surface area (Å²) in [5.41, 5.74) is 1.59. The summed E-state index contributed by atoms with van der Waals surface area (Å²) in [6, 6.07) is 2.95. The van der Waals surface area contributed by atoms with Gasteiger partial charge in [0.15, 0.2) is 5.69 Å². The smallest absolute Gasteiger partial charge is 0.328 e. The van der Waals surface area contributed by atoms with Crippen molar-refractivity contribution in [3.05, 3.63) is 49.2 Å². The van der Waals surface area contributed by atoms with Crippen LogP contribution in [-0.2, 0) is 0 Å². The molecule has 1 aromatic carbocycles. The summed E-state index contributed by atoms with van der Waals surface area (Å²) in [5.74, 6) is -1.33. The fourth-order valence-corrected chi connectivity index (χ4v) is 1.45. The number of aromatic amines is 2. The number of anilines is 2. The molecule has 0 saturated carbocycles. The highest BCUT2D eigenvalue weighted by molar-refractivity contribution is 5.64. The Morgan fingerprint density at radius 2 is 1.90 bits per heavy atom. The number of benzene rings is 1. The molecule has 110 valence electrons. The van der Waals surface area contributed by atoms with Gasteiger partial charge in [-0.15, -0.1) is 0 Å². The lowest BCUT2D eigenvalue weighted by atomic mass is 10.2. The summed E-state index contributed by atoms with van der Waals surface area (Å²) in [6.45, 7) is 0. The maximum Gasteiger partial charge on any atom is 0.328 e. The molecule has 0 aliphatic heterocycles. The molecule has 0 saturated heterocycles. The van der Waals surface area contributed by atoms with Gasteiger partial charge in [0.1, 0.15) is 0 Å². The number of H-pyrrole nitrogens is 2. The van der Waals surface area contributed by atoms with E-state index in [2.05, 4.69) is 10.9 Å². The van der Waals surface area contributed by atoms with Gasteiger partial charge in [-0.1, -0.05) is 11.8 Å². The van der Waals surface area contributed by atoms with E-state index in [0.29, 0.717) is 0 Å². The van der Waals surface area contributed by atoms with Crippen molar-refractivity contribution in [3.63, 3.8) is 0 Å². The Bertz CT molecular complexity index is 810. The summed E-state index contributed by atoms with van der Waals surface area (Å²) in [6.07, 6.45) is 0. The van der Waals surface area contributed by atoms with Crippen LogP contribution >= 0.6 is 0 Å². The molecule has 5 N–H and O–H groups in total.